The fourth-order valence-corrected chi connectivity index (χ4v) is 5.76. The van der Waals surface area contributed by atoms with Gasteiger partial charge in [0.2, 0.25) is 5.91 Å². The molecule has 1 heterocycles. The molecule has 0 saturated heterocycles. The number of rotatable bonds is 10. The third-order valence-electron chi connectivity index (χ3n) is 7.77. The molecule has 4 rings (SSSR count). The molecule has 1 aliphatic rings. The normalized spacial score (nSPS) is 20.6. The van der Waals surface area contributed by atoms with E-state index in [9.17, 15) is 4.79 Å². The monoisotopic (exact) mass is 479 g/mol. The summed E-state index contributed by atoms with van der Waals surface area (Å²) < 4.78 is 0. The molecule has 2 aromatic carbocycles. The summed E-state index contributed by atoms with van der Waals surface area (Å²) in [4.78, 5) is 18.1. The van der Waals surface area contributed by atoms with E-state index in [0.29, 0.717) is 12.3 Å². The van der Waals surface area contributed by atoms with Gasteiger partial charge in [0.1, 0.15) is 0 Å². The SMILES string of the molecule is CN(C)C1(c2ccccc2)CCC(CNC(=O)CCCCCc2c[nH]c3ccc(Cl)cc23)CC1. The summed E-state index contributed by atoms with van der Waals surface area (Å²) in [6.07, 6.45) is 11.4. The Balaban J connectivity index is 1.14. The molecular formula is C29H38ClN3O. The van der Waals surface area contributed by atoms with Crippen LogP contribution in [0.15, 0.2) is 54.7 Å². The van der Waals surface area contributed by atoms with Crippen LogP contribution in [0.4, 0.5) is 0 Å². The number of aryl methyl sites for hydroxylation is 1. The lowest BCUT2D eigenvalue weighted by molar-refractivity contribution is -0.121. The van der Waals surface area contributed by atoms with E-state index < -0.39 is 0 Å². The van der Waals surface area contributed by atoms with E-state index in [1.165, 1.54) is 16.5 Å². The second-order valence-electron chi connectivity index (χ2n) is 10.1. The topological polar surface area (TPSA) is 48.1 Å². The molecule has 1 amide bonds. The minimum absolute atomic E-state index is 0.123. The number of H-pyrrole nitrogens is 1. The maximum atomic E-state index is 12.4. The number of hydrogen-bond acceptors (Lipinski definition) is 2. The van der Waals surface area contributed by atoms with Gasteiger partial charge in [0.25, 0.3) is 0 Å². The number of nitrogens with one attached hydrogen (secondary N) is 2. The van der Waals surface area contributed by atoms with E-state index in [4.69, 9.17) is 11.6 Å². The lowest BCUT2D eigenvalue weighted by Crippen LogP contribution is -2.45. The van der Waals surface area contributed by atoms with Crippen molar-refractivity contribution in [3.63, 3.8) is 0 Å². The highest BCUT2D eigenvalue weighted by molar-refractivity contribution is 6.31. The highest BCUT2D eigenvalue weighted by atomic mass is 35.5. The van der Waals surface area contributed by atoms with Crippen LogP contribution in [0.5, 0.6) is 0 Å². The molecule has 34 heavy (non-hydrogen) atoms. The molecule has 1 aromatic heterocycles. The third-order valence-corrected chi connectivity index (χ3v) is 8.00. The molecule has 5 heteroatoms. The molecule has 0 atom stereocenters. The maximum absolute atomic E-state index is 12.4. The van der Waals surface area contributed by atoms with E-state index in [1.54, 1.807) is 0 Å². The summed E-state index contributed by atoms with van der Waals surface area (Å²) in [6.45, 7) is 0.813. The number of hydrogen-bond donors (Lipinski definition) is 2. The van der Waals surface area contributed by atoms with Gasteiger partial charge in [0.15, 0.2) is 0 Å². The van der Waals surface area contributed by atoms with Gasteiger partial charge in [-0.1, -0.05) is 48.4 Å². The number of nitrogens with zero attached hydrogens (tertiary/aromatic N) is 1. The molecule has 3 aromatic rings. The smallest absolute Gasteiger partial charge is 0.220 e. The number of amides is 1. The van der Waals surface area contributed by atoms with Gasteiger partial charge >= 0.3 is 0 Å². The second kappa shape index (κ2) is 11.4. The van der Waals surface area contributed by atoms with E-state index in [-0.39, 0.29) is 11.4 Å². The second-order valence-corrected chi connectivity index (χ2v) is 10.5. The minimum atomic E-state index is 0.123. The molecule has 1 saturated carbocycles. The predicted octanol–water partition coefficient (Wildman–Crippen LogP) is 6.69. The summed E-state index contributed by atoms with van der Waals surface area (Å²) in [5.41, 5.74) is 3.98. The Morgan fingerprint density at radius 1 is 1.09 bits per heavy atom. The van der Waals surface area contributed by atoms with Gasteiger partial charge in [0, 0.05) is 40.6 Å². The summed E-state index contributed by atoms with van der Waals surface area (Å²) in [6, 6.07) is 16.9. The van der Waals surface area contributed by atoms with Crippen LogP contribution >= 0.6 is 11.6 Å². The van der Waals surface area contributed by atoms with Crippen LogP contribution in [0.2, 0.25) is 5.02 Å². The first-order valence-electron chi connectivity index (χ1n) is 12.7. The van der Waals surface area contributed by atoms with E-state index in [1.807, 2.05) is 18.2 Å². The summed E-state index contributed by atoms with van der Waals surface area (Å²) in [5.74, 6) is 0.779. The third kappa shape index (κ3) is 5.84. The van der Waals surface area contributed by atoms with E-state index in [0.717, 1.165) is 68.5 Å². The van der Waals surface area contributed by atoms with Crippen molar-refractivity contribution in [2.75, 3.05) is 20.6 Å². The summed E-state index contributed by atoms with van der Waals surface area (Å²) in [7, 11) is 4.39. The van der Waals surface area contributed by atoms with Gasteiger partial charge in [-0.05, 0) is 94.3 Å². The van der Waals surface area contributed by atoms with Crippen molar-refractivity contribution >= 4 is 28.4 Å². The maximum Gasteiger partial charge on any atom is 0.220 e. The zero-order chi connectivity index (χ0) is 24.0. The highest BCUT2D eigenvalue weighted by Gasteiger charge is 2.38. The molecule has 0 bridgehead atoms. The number of aromatic nitrogens is 1. The van der Waals surface area contributed by atoms with Crippen molar-refractivity contribution in [2.45, 2.75) is 63.3 Å². The number of halogens is 1. The molecule has 2 N–H and O–H groups in total. The van der Waals surface area contributed by atoms with Gasteiger partial charge in [-0.2, -0.15) is 0 Å². The molecule has 0 unspecified atom stereocenters. The number of unbranched alkanes of at least 4 members (excludes halogenated alkanes) is 2. The van der Waals surface area contributed by atoms with Gasteiger partial charge < -0.3 is 10.3 Å². The van der Waals surface area contributed by atoms with Crippen molar-refractivity contribution in [1.29, 1.82) is 0 Å². The van der Waals surface area contributed by atoms with Crippen molar-refractivity contribution in [1.82, 2.24) is 15.2 Å². The summed E-state index contributed by atoms with van der Waals surface area (Å²) >= 11 is 6.15. The van der Waals surface area contributed by atoms with Gasteiger partial charge in [0.05, 0.1) is 0 Å². The van der Waals surface area contributed by atoms with Crippen LogP contribution in [0, 0.1) is 5.92 Å². The van der Waals surface area contributed by atoms with Crippen molar-refractivity contribution in [3.05, 3.63) is 70.9 Å². The Kier molecular flexibility index (Phi) is 8.33. The zero-order valence-electron chi connectivity index (χ0n) is 20.6. The molecule has 1 fully saturated rings. The van der Waals surface area contributed by atoms with Gasteiger partial charge in [-0.25, -0.2) is 0 Å². The number of fused-ring (bicyclic) bond motifs is 1. The number of aromatic amines is 1. The average Bonchev–Trinajstić information content (AvgIpc) is 3.25. The fraction of sp³-hybridized carbons (Fsp3) is 0.483. The van der Waals surface area contributed by atoms with Gasteiger partial charge in [-0.3, -0.25) is 9.69 Å². The molecule has 1 aliphatic carbocycles. The fourth-order valence-electron chi connectivity index (χ4n) is 5.58. The number of carbonyl (C=O) groups is 1. The Hall–Kier alpha value is -2.30. The Morgan fingerprint density at radius 2 is 1.85 bits per heavy atom. The number of benzene rings is 2. The lowest BCUT2D eigenvalue weighted by atomic mass is 9.72. The first-order chi connectivity index (χ1) is 16.5. The first-order valence-corrected chi connectivity index (χ1v) is 13.1. The van der Waals surface area contributed by atoms with Crippen LogP contribution in [0.25, 0.3) is 10.9 Å². The van der Waals surface area contributed by atoms with Crippen LogP contribution < -0.4 is 5.32 Å². The van der Waals surface area contributed by atoms with Crippen LogP contribution in [-0.2, 0) is 16.8 Å². The van der Waals surface area contributed by atoms with Crippen molar-refractivity contribution in [2.24, 2.45) is 5.92 Å². The van der Waals surface area contributed by atoms with Crippen molar-refractivity contribution < 1.29 is 4.79 Å². The first kappa shape index (κ1) is 24.8. The number of carbonyl (C=O) groups excluding carboxylic acids is 1. The Morgan fingerprint density at radius 3 is 2.59 bits per heavy atom. The quantitative estimate of drug-likeness (QED) is 0.318. The lowest BCUT2D eigenvalue weighted by Gasteiger charge is -2.45. The standard InChI is InChI=1S/C29H38ClN3O/c1-33(2)29(24-10-6-4-7-11-24)17-15-22(16-18-29)20-32-28(34)12-8-3-5-9-23-21-31-27-14-13-25(30)19-26(23)27/h4,6-7,10-11,13-14,19,21-22,31H,3,5,8-9,12,15-18,20H2,1-2H3,(H,32,34). The van der Waals surface area contributed by atoms with E-state index >= 15 is 0 Å². The van der Waals surface area contributed by atoms with Gasteiger partial charge in [-0.15, -0.1) is 0 Å². The molecule has 4 nitrogen and oxygen atoms in total. The minimum Gasteiger partial charge on any atom is -0.361 e. The molecular weight excluding hydrogens is 442 g/mol. The summed E-state index contributed by atoms with van der Waals surface area (Å²) in [5, 5.41) is 5.20. The van der Waals surface area contributed by atoms with Crippen LogP contribution in [0.3, 0.4) is 0 Å². The van der Waals surface area contributed by atoms with Crippen molar-refractivity contribution in [3.8, 4) is 0 Å². The largest absolute Gasteiger partial charge is 0.361 e. The molecule has 182 valence electrons. The Labute approximate surface area is 209 Å². The highest BCUT2D eigenvalue weighted by Crippen LogP contribution is 2.42. The molecule has 0 radical (unpaired) electrons. The van der Waals surface area contributed by atoms with Crippen LogP contribution in [0.1, 0.15) is 62.5 Å². The van der Waals surface area contributed by atoms with Crippen LogP contribution in [-0.4, -0.2) is 36.4 Å². The zero-order valence-corrected chi connectivity index (χ0v) is 21.3. The molecule has 0 spiro atoms. The molecule has 0 aliphatic heterocycles. The Bertz CT molecular complexity index is 1070. The van der Waals surface area contributed by atoms with E-state index in [2.05, 4.69) is 65.8 Å². The average molecular weight is 480 g/mol. The predicted molar refractivity (Wildman–Crippen MR) is 142 cm³/mol.